The maximum Gasteiger partial charge on any atom is 0.264 e. The Hall–Kier alpha value is -3.85. The summed E-state index contributed by atoms with van der Waals surface area (Å²) in [5.41, 5.74) is 3.18. The van der Waals surface area contributed by atoms with E-state index >= 15 is 0 Å². The third kappa shape index (κ3) is 8.12. The van der Waals surface area contributed by atoms with Crippen molar-refractivity contribution < 1.29 is 22.7 Å². The average Bonchev–Trinajstić information content (AvgIpc) is 2.97. The van der Waals surface area contributed by atoms with Gasteiger partial charge in [0.05, 0.1) is 17.2 Å². The van der Waals surface area contributed by atoms with E-state index in [1.165, 1.54) is 17.0 Å². The summed E-state index contributed by atoms with van der Waals surface area (Å²) in [5.74, 6) is -0.179. The standard InChI is InChI=1S/C33H43N3O5S/c1-7-26(6)34-33(38)31(8-2)35(22-27-13-11-10-12-25(27)5)32(37)23-36(28-16-14-24(4)15-17-28)42(39,40)30-20-18-29(19-21-30)41-9-3/h10-21,26,31H,7-9,22-23H2,1-6H3,(H,34,38)/t26-,31-/m0/s1. The summed E-state index contributed by atoms with van der Waals surface area (Å²) in [6, 6.07) is 20.0. The van der Waals surface area contributed by atoms with Crippen LogP contribution in [0.4, 0.5) is 5.69 Å². The van der Waals surface area contributed by atoms with E-state index in [1.54, 1.807) is 36.4 Å². The van der Waals surface area contributed by atoms with E-state index in [0.717, 1.165) is 27.4 Å². The maximum atomic E-state index is 14.2. The van der Waals surface area contributed by atoms with Crippen molar-refractivity contribution in [3.05, 3.63) is 89.5 Å². The largest absolute Gasteiger partial charge is 0.494 e. The van der Waals surface area contributed by atoms with Crippen molar-refractivity contribution in [3.8, 4) is 5.75 Å². The van der Waals surface area contributed by atoms with Gasteiger partial charge in [-0.2, -0.15) is 0 Å². The molecule has 0 unspecified atom stereocenters. The Morgan fingerprint density at radius 2 is 1.52 bits per heavy atom. The number of nitrogens with one attached hydrogen (secondary N) is 1. The first-order valence-electron chi connectivity index (χ1n) is 14.5. The minimum Gasteiger partial charge on any atom is -0.494 e. The molecule has 0 spiro atoms. The normalized spacial score (nSPS) is 12.7. The van der Waals surface area contributed by atoms with Crippen LogP contribution in [-0.4, -0.2) is 50.4 Å². The van der Waals surface area contributed by atoms with Gasteiger partial charge in [-0.25, -0.2) is 8.42 Å². The average molecular weight is 594 g/mol. The summed E-state index contributed by atoms with van der Waals surface area (Å²) < 4.78 is 34.7. The van der Waals surface area contributed by atoms with Gasteiger partial charge in [0.15, 0.2) is 0 Å². The lowest BCUT2D eigenvalue weighted by molar-refractivity contribution is -0.140. The smallest absolute Gasteiger partial charge is 0.264 e. The molecule has 9 heteroatoms. The lowest BCUT2D eigenvalue weighted by atomic mass is 10.1. The van der Waals surface area contributed by atoms with E-state index in [9.17, 15) is 18.0 Å². The summed E-state index contributed by atoms with van der Waals surface area (Å²) in [5, 5.41) is 3.00. The molecule has 3 aromatic rings. The van der Waals surface area contributed by atoms with Crippen LogP contribution in [0, 0.1) is 13.8 Å². The molecule has 226 valence electrons. The second-order valence-electron chi connectivity index (χ2n) is 10.4. The van der Waals surface area contributed by atoms with Crippen LogP contribution >= 0.6 is 0 Å². The van der Waals surface area contributed by atoms with Gasteiger partial charge in [0, 0.05) is 12.6 Å². The van der Waals surface area contributed by atoms with Crippen LogP contribution in [0.5, 0.6) is 5.75 Å². The molecule has 8 nitrogen and oxygen atoms in total. The summed E-state index contributed by atoms with van der Waals surface area (Å²) in [7, 11) is -4.15. The molecule has 1 N–H and O–H groups in total. The number of amides is 2. The number of sulfonamides is 1. The molecule has 3 aromatic carbocycles. The molecule has 2 atom stereocenters. The minimum atomic E-state index is -4.15. The van der Waals surface area contributed by atoms with Crippen molar-refractivity contribution in [2.45, 2.75) is 77.9 Å². The van der Waals surface area contributed by atoms with Crippen LogP contribution < -0.4 is 14.4 Å². The molecule has 0 radical (unpaired) electrons. The Bertz CT molecular complexity index is 1440. The molecule has 0 aliphatic rings. The predicted octanol–water partition coefficient (Wildman–Crippen LogP) is 5.62. The van der Waals surface area contributed by atoms with Crippen molar-refractivity contribution in [2.75, 3.05) is 17.5 Å². The Morgan fingerprint density at radius 3 is 2.10 bits per heavy atom. The molecule has 0 saturated heterocycles. The fourth-order valence-corrected chi connectivity index (χ4v) is 5.99. The Labute approximate surface area is 250 Å². The summed E-state index contributed by atoms with van der Waals surface area (Å²) in [4.78, 5) is 29.2. The number of ether oxygens (including phenoxy) is 1. The summed E-state index contributed by atoms with van der Waals surface area (Å²) in [6.45, 7) is 11.6. The van der Waals surface area contributed by atoms with E-state index in [1.807, 2.05) is 65.8 Å². The molecule has 0 aliphatic carbocycles. The summed E-state index contributed by atoms with van der Waals surface area (Å²) >= 11 is 0. The van der Waals surface area contributed by atoms with E-state index in [4.69, 9.17) is 4.74 Å². The minimum absolute atomic E-state index is 0.0336. The van der Waals surface area contributed by atoms with E-state index in [0.29, 0.717) is 24.5 Å². The van der Waals surface area contributed by atoms with Gasteiger partial charge in [-0.1, -0.05) is 55.8 Å². The molecule has 0 heterocycles. The topological polar surface area (TPSA) is 96.0 Å². The number of hydrogen-bond donors (Lipinski definition) is 1. The number of nitrogens with zero attached hydrogens (tertiary/aromatic N) is 2. The van der Waals surface area contributed by atoms with Gasteiger partial charge in [0.2, 0.25) is 11.8 Å². The van der Waals surface area contributed by atoms with Crippen LogP contribution in [0.2, 0.25) is 0 Å². The first kappa shape index (κ1) is 32.7. The highest BCUT2D eigenvalue weighted by Crippen LogP contribution is 2.27. The predicted molar refractivity (Wildman–Crippen MR) is 167 cm³/mol. The van der Waals surface area contributed by atoms with Crippen LogP contribution in [0.25, 0.3) is 0 Å². The fourth-order valence-electron chi connectivity index (χ4n) is 4.57. The maximum absolute atomic E-state index is 14.2. The Morgan fingerprint density at radius 1 is 0.881 bits per heavy atom. The molecule has 0 bridgehead atoms. The van der Waals surface area contributed by atoms with Crippen molar-refractivity contribution in [3.63, 3.8) is 0 Å². The Kier molecular flexibility index (Phi) is 11.6. The van der Waals surface area contributed by atoms with Crippen LogP contribution in [0.15, 0.2) is 77.7 Å². The zero-order chi connectivity index (χ0) is 30.9. The lowest BCUT2D eigenvalue weighted by Crippen LogP contribution is -2.53. The fraction of sp³-hybridized carbons (Fsp3) is 0.394. The molecule has 2 amide bonds. The number of anilines is 1. The van der Waals surface area contributed by atoms with Crippen molar-refractivity contribution in [2.24, 2.45) is 0 Å². The molecule has 42 heavy (non-hydrogen) atoms. The Balaban J connectivity index is 2.06. The number of aryl methyl sites for hydroxylation is 2. The van der Waals surface area contributed by atoms with Crippen molar-refractivity contribution in [1.82, 2.24) is 10.2 Å². The van der Waals surface area contributed by atoms with Gasteiger partial charge in [0.25, 0.3) is 10.0 Å². The molecule has 0 aliphatic heterocycles. The van der Waals surface area contributed by atoms with Crippen molar-refractivity contribution in [1.29, 1.82) is 0 Å². The van der Waals surface area contributed by atoms with Gasteiger partial charge in [-0.05, 0) is 88.1 Å². The highest BCUT2D eigenvalue weighted by molar-refractivity contribution is 7.92. The second kappa shape index (κ2) is 14.9. The van der Waals surface area contributed by atoms with Crippen LogP contribution in [-0.2, 0) is 26.2 Å². The second-order valence-corrected chi connectivity index (χ2v) is 12.3. The number of rotatable bonds is 14. The zero-order valence-corrected chi connectivity index (χ0v) is 26.3. The highest BCUT2D eigenvalue weighted by Gasteiger charge is 2.34. The molecule has 0 aromatic heterocycles. The number of carbonyl (C=O) groups is 2. The quantitative estimate of drug-likeness (QED) is 0.262. The zero-order valence-electron chi connectivity index (χ0n) is 25.5. The van der Waals surface area contributed by atoms with Crippen molar-refractivity contribution >= 4 is 27.5 Å². The molecule has 0 saturated carbocycles. The number of hydrogen-bond acceptors (Lipinski definition) is 5. The third-order valence-electron chi connectivity index (χ3n) is 7.31. The summed E-state index contributed by atoms with van der Waals surface area (Å²) in [6.07, 6.45) is 1.12. The molecule has 0 fully saturated rings. The van der Waals surface area contributed by atoms with Gasteiger partial charge in [0.1, 0.15) is 18.3 Å². The number of benzene rings is 3. The van der Waals surface area contributed by atoms with E-state index < -0.39 is 28.5 Å². The first-order valence-corrected chi connectivity index (χ1v) is 15.9. The molecular weight excluding hydrogens is 550 g/mol. The lowest BCUT2D eigenvalue weighted by Gasteiger charge is -2.34. The molecular formula is C33H43N3O5S. The van der Waals surface area contributed by atoms with Crippen LogP contribution in [0.1, 0.15) is 57.2 Å². The monoisotopic (exact) mass is 593 g/mol. The van der Waals surface area contributed by atoms with Gasteiger partial charge in [-0.15, -0.1) is 0 Å². The van der Waals surface area contributed by atoms with Crippen LogP contribution in [0.3, 0.4) is 0 Å². The van der Waals surface area contributed by atoms with Gasteiger partial charge >= 0.3 is 0 Å². The first-order chi connectivity index (χ1) is 20.0. The third-order valence-corrected chi connectivity index (χ3v) is 9.10. The van der Waals surface area contributed by atoms with Gasteiger partial charge in [-0.3, -0.25) is 13.9 Å². The van der Waals surface area contributed by atoms with E-state index in [-0.39, 0.29) is 23.4 Å². The van der Waals surface area contributed by atoms with Gasteiger partial charge < -0.3 is 15.0 Å². The highest BCUT2D eigenvalue weighted by atomic mass is 32.2. The number of carbonyl (C=O) groups excluding carboxylic acids is 2. The van der Waals surface area contributed by atoms with E-state index in [2.05, 4.69) is 5.32 Å². The SMILES string of the molecule is CCOc1ccc(S(=O)(=O)N(CC(=O)N(Cc2ccccc2C)[C@@H](CC)C(=O)N[C@@H](C)CC)c2ccc(C)cc2)cc1. The molecule has 3 rings (SSSR count).